The fourth-order valence-electron chi connectivity index (χ4n) is 4.23. The van der Waals surface area contributed by atoms with Crippen LogP contribution in [-0.4, -0.2) is 36.6 Å². The van der Waals surface area contributed by atoms with Gasteiger partial charge in [0.1, 0.15) is 6.54 Å². The van der Waals surface area contributed by atoms with Gasteiger partial charge in [0.15, 0.2) is 0 Å². The number of amides is 2. The van der Waals surface area contributed by atoms with Crippen molar-refractivity contribution in [1.82, 2.24) is 0 Å². The number of carbonyl (C=O) groups is 3. The number of anilines is 2. The molecule has 0 saturated heterocycles. The van der Waals surface area contributed by atoms with E-state index in [1.807, 2.05) is 26.0 Å². The number of benzene rings is 2. The summed E-state index contributed by atoms with van der Waals surface area (Å²) in [6.07, 6.45) is 2.49. The summed E-state index contributed by atoms with van der Waals surface area (Å²) in [5.74, 6) is -1.15. The Morgan fingerprint density at radius 1 is 1.19 bits per heavy atom. The molecule has 2 aromatic carbocycles. The van der Waals surface area contributed by atoms with Gasteiger partial charge in [-0.25, -0.2) is 4.79 Å². The van der Waals surface area contributed by atoms with Crippen LogP contribution in [0.2, 0.25) is 0 Å². The molecule has 2 amide bonds. The van der Waals surface area contributed by atoms with Gasteiger partial charge in [0.2, 0.25) is 11.8 Å². The first kappa shape index (κ1) is 21.7. The van der Waals surface area contributed by atoms with E-state index in [1.165, 1.54) is 0 Å². The van der Waals surface area contributed by atoms with Crippen LogP contribution in [0.25, 0.3) is 0 Å². The Morgan fingerprint density at radius 3 is 2.75 bits per heavy atom. The van der Waals surface area contributed by atoms with Crippen molar-refractivity contribution < 1.29 is 19.1 Å². The number of fused-ring (bicyclic) bond motifs is 2. The fourth-order valence-corrected chi connectivity index (χ4v) is 4.23. The highest BCUT2D eigenvalue weighted by atomic mass is 16.5. The summed E-state index contributed by atoms with van der Waals surface area (Å²) in [6.45, 7) is 5.88. The predicted octanol–water partition coefficient (Wildman–Crippen LogP) is 4.34. The molecular weight excluding hydrogens is 406 g/mol. The van der Waals surface area contributed by atoms with Crippen LogP contribution in [0.5, 0.6) is 0 Å². The molecule has 0 unspecified atom stereocenters. The Labute approximate surface area is 187 Å². The summed E-state index contributed by atoms with van der Waals surface area (Å²) >= 11 is 0. The number of aliphatic imine (C=N–C) groups is 1. The van der Waals surface area contributed by atoms with Crippen LogP contribution in [0.4, 0.5) is 17.1 Å². The quantitative estimate of drug-likeness (QED) is 0.711. The summed E-state index contributed by atoms with van der Waals surface area (Å²) in [5, 5.41) is 2.81. The predicted molar refractivity (Wildman–Crippen MR) is 124 cm³/mol. The van der Waals surface area contributed by atoms with Crippen LogP contribution >= 0.6 is 0 Å². The minimum absolute atomic E-state index is 0.0846. The number of ether oxygens (including phenoxy) is 1. The Bertz CT molecular complexity index is 1120. The van der Waals surface area contributed by atoms with Crippen molar-refractivity contribution in [2.45, 2.75) is 40.0 Å². The van der Waals surface area contributed by atoms with Gasteiger partial charge >= 0.3 is 5.97 Å². The van der Waals surface area contributed by atoms with E-state index < -0.39 is 5.97 Å². The molecular formula is C25H27N3O4. The highest BCUT2D eigenvalue weighted by molar-refractivity contribution is 6.17. The van der Waals surface area contributed by atoms with Gasteiger partial charge in [0, 0.05) is 11.4 Å². The Kier molecular flexibility index (Phi) is 6.08. The lowest BCUT2D eigenvalue weighted by molar-refractivity contribution is -0.122. The molecule has 1 atom stereocenters. The van der Waals surface area contributed by atoms with Crippen molar-refractivity contribution in [2.75, 3.05) is 23.4 Å². The molecule has 1 N–H and O–H groups in total. The summed E-state index contributed by atoms with van der Waals surface area (Å²) < 4.78 is 5.02. The van der Waals surface area contributed by atoms with E-state index in [9.17, 15) is 14.4 Å². The van der Waals surface area contributed by atoms with Gasteiger partial charge in [0.05, 0.1) is 29.5 Å². The molecule has 7 nitrogen and oxygen atoms in total. The van der Waals surface area contributed by atoms with Crippen LogP contribution in [0.15, 0.2) is 41.4 Å². The molecule has 1 fully saturated rings. The third-order valence-corrected chi connectivity index (χ3v) is 6.00. The van der Waals surface area contributed by atoms with Crippen LogP contribution in [0, 0.1) is 19.8 Å². The number of nitrogens with zero attached hydrogens (tertiary/aromatic N) is 2. The smallest absolute Gasteiger partial charge is 0.338 e. The van der Waals surface area contributed by atoms with Crippen LogP contribution in [-0.2, 0) is 14.3 Å². The highest BCUT2D eigenvalue weighted by Crippen LogP contribution is 2.39. The third kappa shape index (κ3) is 4.28. The lowest BCUT2D eigenvalue weighted by atomic mass is 10.0. The van der Waals surface area contributed by atoms with Gasteiger partial charge in [-0.05, 0) is 81.5 Å². The maximum Gasteiger partial charge on any atom is 0.338 e. The van der Waals surface area contributed by atoms with Crippen LogP contribution in [0.3, 0.4) is 0 Å². The molecule has 1 saturated carbocycles. The monoisotopic (exact) mass is 433 g/mol. The minimum atomic E-state index is -0.447. The molecule has 7 heteroatoms. The number of hydrogen-bond acceptors (Lipinski definition) is 5. The van der Waals surface area contributed by atoms with E-state index in [0.717, 1.165) is 41.8 Å². The van der Waals surface area contributed by atoms with E-state index >= 15 is 0 Å². The number of nitrogens with one attached hydrogen (secondary N) is 1. The Hall–Kier alpha value is -3.48. The Morgan fingerprint density at radius 2 is 1.97 bits per heavy atom. The molecule has 4 rings (SSSR count). The minimum Gasteiger partial charge on any atom is -0.462 e. The second-order valence-electron chi connectivity index (χ2n) is 8.25. The van der Waals surface area contributed by atoms with Crippen molar-refractivity contribution in [3.63, 3.8) is 0 Å². The molecule has 2 aromatic rings. The SMILES string of the molecule is CCOC(=O)c1cccc(NC(=O)CN2C(=O)[C@@H]3CCCC3=Nc3cc(C)c(C)cc32)c1. The van der Waals surface area contributed by atoms with E-state index in [1.54, 1.807) is 36.1 Å². The van der Waals surface area contributed by atoms with Gasteiger partial charge in [0.25, 0.3) is 0 Å². The summed E-state index contributed by atoms with van der Waals surface area (Å²) in [4.78, 5) is 44.7. The van der Waals surface area contributed by atoms with Crippen LogP contribution < -0.4 is 10.2 Å². The molecule has 0 aromatic heterocycles. The van der Waals surface area contributed by atoms with Crippen LogP contribution in [0.1, 0.15) is 47.7 Å². The van der Waals surface area contributed by atoms with E-state index in [2.05, 4.69) is 5.32 Å². The first-order valence-electron chi connectivity index (χ1n) is 10.9. The van der Waals surface area contributed by atoms with Crippen molar-refractivity contribution >= 4 is 40.6 Å². The van der Waals surface area contributed by atoms with Crippen molar-refractivity contribution in [2.24, 2.45) is 10.9 Å². The third-order valence-electron chi connectivity index (χ3n) is 6.00. The molecule has 166 valence electrons. The average Bonchev–Trinajstić information content (AvgIpc) is 3.19. The number of hydrogen-bond donors (Lipinski definition) is 1. The average molecular weight is 434 g/mol. The van der Waals surface area contributed by atoms with Crippen molar-refractivity contribution in [3.05, 3.63) is 53.1 Å². The first-order valence-corrected chi connectivity index (χ1v) is 10.9. The molecule has 0 spiro atoms. The van der Waals surface area contributed by atoms with Gasteiger partial charge in [-0.1, -0.05) is 6.07 Å². The molecule has 1 aliphatic heterocycles. The zero-order valence-corrected chi connectivity index (χ0v) is 18.6. The number of rotatable bonds is 5. The van der Waals surface area contributed by atoms with Gasteiger partial charge < -0.3 is 15.0 Å². The second-order valence-corrected chi connectivity index (χ2v) is 8.25. The molecule has 1 aliphatic carbocycles. The van der Waals surface area contributed by atoms with E-state index in [0.29, 0.717) is 16.9 Å². The number of aryl methyl sites for hydroxylation is 2. The summed E-state index contributed by atoms with van der Waals surface area (Å²) in [7, 11) is 0. The lowest BCUT2D eigenvalue weighted by Gasteiger charge is -2.25. The molecule has 32 heavy (non-hydrogen) atoms. The maximum absolute atomic E-state index is 13.4. The molecule has 2 aliphatic rings. The first-order chi connectivity index (χ1) is 15.4. The van der Waals surface area contributed by atoms with E-state index in [4.69, 9.17) is 9.73 Å². The summed E-state index contributed by atoms with van der Waals surface area (Å²) in [5.41, 5.74) is 5.27. The van der Waals surface area contributed by atoms with Crippen molar-refractivity contribution in [1.29, 1.82) is 0 Å². The maximum atomic E-state index is 13.4. The largest absolute Gasteiger partial charge is 0.462 e. The van der Waals surface area contributed by atoms with Crippen molar-refractivity contribution in [3.8, 4) is 0 Å². The second kappa shape index (κ2) is 8.94. The van der Waals surface area contributed by atoms with E-state index in [-0.39, 0.29) is 30.9 Å². The molecule has 1 heterocycles. The fraction of sp³-hybridized carbons (Fsp3) is 0.360. The van der Waals surface area contributed by atoms with Gasteiger partial charge in [-0.2, -0.15) is 0 Å². The molecule has 0 radical (unpaired) electrons. The zero-order chi connectivity index (χ0) is 22.8. The van der Waals surface area contributed by atoms with Gasteiger partial charge in [-0.15, -0.1) is 0 Å². The number of esters is 1. The van der Waals surface area contributed by atoms with Gasteiger partial charge in [-0.3, -0.25) is 14.6 Å². The lowest BCUT2D eigenvalue weighted by Crippen LogP contribution is -2.42. The summed E-state index contributed by atoms with van der Waals surface area (Å²) in [6, 6.07) is 10.5. The zero-order valence-electron chi connectivity index (χ0n) is 18.6. The Balaban J connectivity index is 1.59. The highest BCUT2D eigenvalue weighted by Gasteiger charge is 2.37. The standard InChI is InChI=1S/C25H27N3O4/c1-4-32-25(31)17-7-5-8-18(13-17)26-23(29)14-28-22-12-16(3)15(2)11-21(22)27-20-10-6-9-19(20)24(28)30/h5,7-8,11-13,19H,4,6,9-10,14H2,1-3H3,(H,26,29)/t19-/m1/s1. The normalized spacial score (nSPS) is 17.2. The topological polar surface area (TPSA) is 88.1 Å². The molecule has 0 bridgehead atoms. The number of carbonyl (C=O) groups excluding carboxylic acids is 3.